The highest BCUT2D eigenvalue weighted by Gasteiger charge is 2.13. The van der Waals surface area contributed by atoms with Gasteiger partial charge in [-0.1, -0.05) is 6.07 Å². The van der Waals surface area contributed by atoms with E-state index in [9.17, 15) is 14.3 Å². The largest absolute Gasteiger partial charge is 0.507 e. The Bertz CT molecular complexity index is 766. The Balaban J connectivity index is 2.30. The molecule has 0 bridgehead atoms. The average Bonchev–Trinajstić information content (AvgIpc) is 2.39. The van der Waals surface area contributed by atoms with Crippen LogP contribution in [0, 0.1) is 19.7 Å². The van der Waals surface area contributed by atoms with Gasteiger partial charge in [0.25, 0.3) is 0 Å². The van der Waals surface area contributed by atoms with E-state index >= 15 is 0 Å². The normalized spacial score (nSPS) is 11.5. The summed E-state index contributed by atoms with van der Waals surface area (Å²) in [6.07, 6.45) is 0. The van der Waals surface area contributed by atoms with Crippen molar-refractivity contribution < 1.29 is 13.9 Å². The van der Waals surface area contributed by atoms with Gasteiger partial charge in [0, 0.05) is 6.07 Å². The van der Waals surface area contributed by atoms with Crippen LogP contribution in [0.2, 0.25) is 0 Å². The molecule has 0 spiro atoms. The van der Waals surface area contributed by atoms with Crippen molar-refractivity contribution in [1.82, 2.24) is 0 Å². The van der Waals surface area contributed by atoms with Crippen molar-refractivity contribution in [2.75, 3.05) is 5.43 Å². The second kappa shape index (κ2) is 5.78. The van der Waals surface area contributed by atoms with Crippen molar-refractivity contribution >= 4 is 11.4 Å². The molecule has 0 aliphatic heterocycles. The molecule has 1 aromatic carbocycles. The molecule has 6 heteroatoms. The maximum Gasteiger partial charge on any atom is 0.348 e. The number of aryl methyl sites for hydroxylation is 2. The molecule has 0 atom stereocenters. The zero-order chi connectivity index (χ0) is 15.6. The number of hydrogen-bond acceptors (Lipinski definition) is 5. The van der Waals surface area contributed by atoms with Crippen LogP contribution in [0.3, 0.4) is 0 Å². The van der Waals surface area contributed by atoms with Gasteiger partial charge in [-0.2, -0.15) is 5.10 Å². The third kappa shape index (κ3) is 3.28. The highest BCUT2D eigenvalue weighted by molar-refractivity contribution is 6.00. The van der Waals surface area contributed by atoms with Crippen LogP contribution in [-0.2, 0) is 0 Å². The molecule has 0 aliphatic rings. The summed E-state index contributed by atoms with van der Waals surface area (Å²) in [5, 5.41) is 13.8. The van der Waals surface area contributed by atoms with Crippen molar-refractivity contribution in [2.24, 2.45) is 5.10 Å². The molecule has 5 nitrogen and oxygen atoms in total. The van der Waals surface area contributed by atoms with Gasteiger partial charge in [-0.3, -0.25) is 5.43 Å². The number of hydrogen-bond donors (Lipinski definition) is 2. The third-order valence-electron chi connectivity index (χ3n) is 2.94. The quantitative estimate of drug-likeness (QED) is 0.673. The maximum atomic E-state index is 13.4. The van der Waals surface area contributed by atoms with E-state index in [-0.39, 0.29) is 22.8 Å². The van der Waals surface area contributed by atoms with Crippen molar-refractivity contribution in [3.8, 4) is 5.75 Å². The number of anilines is 1. The lowest BCUT2D eigenvalue weighted by atomic mass is 10.2. The summed E-state index contributed by atoms with van der Waals surface area (Å²) in [6, 6.07) is 5.90. The third-order valence-corrected chi connectivity index (χ3v) is 2.94. The van der Waals surface area contributed by atoms with Gasteiger partial charge in [-0.15, -0.1) is 0 Å². The number of halogens is 1. The van der Waals surface area contributed by atoms with Crippen LogP contribution in [0.4, 0.5) is 10.1 Å². The van der Waals surface area contributed by atoms with Gasteiger partial charge in [-0.05, 0) is 38.5 Å². The standard InChI is InChI=1S/C15H15FN2O3/c1-8-4-5-11(7-12(8)16)18-17-10(3)14-13(19)6-9(2)21-15(14)20/h4-7,18-19H,1-3H3/b17-10+. The first-order chi connectivity index (χ1) is 9.88. The van der Waals surface area contributed by atoms with Gasteiger partial charge in [0.15, 0.2) is 0 Å². The second-order valence-electron chi connectivity index (χ2n) is 4.68. The minimum atomic E-state index is -0.675. The van der Waals surface area contributed by atoms with Crippen LogP contribution < -0.4 is 11.1 Å². The molecule has 2 aromatic rings. The lowest BCUT2D eigenvalue weighted by Crippen LogP contribution is -2.14. The fourth-order valence-corrected chi connectivity index (χ4v) is 1.80. The number of rotatable bonds is 3. The Hall–Kier alpha value is -2.63. The van der Waals surface area contributed by atoms with E-state index in [0.29, 0.717) is 17.0 Å². The molecule has 0 saturated heterocycles. The van der Waals surface area contributed by atoms with Crippen molar-refractivity contribution in [2.45, 2.75) is 20.8 Å². The summed E-state index contributed by atoms with van der Waals surface area (Å²) in [4.78, 5) is 11.7. The summed E-state index contributed by atoms with van der Waals surface area (Å²) < 4.78 is 18.3. The van der Waals surface area contributed by atoms with E-state index in [1.54, 1.807) is 32.9 Å². The van der Waals surface area contributed by atoms with Crippen molar-refractivity contribution in [3.05, 3.63) is 57.4 Å². The summed E-state index contributed by atoms with van der Waals surface area (Å²) in [7, 11) is 0. The first-order valence-electron chi connectivity index (χ1n) is 6.29. The topological polar surface area (TPSA) is 74.8 Å². The zero-order valence-electron chi connectivity index (χ0n) is 11.9. The maximum absolute atomic E-state index is 13.4. The Morgan fingerprint density at radius 1 is 1.33 bits per heavy atom. The van der Waals surface area contributed by atoms with Crippen LogP contribution in [0.5, 0.6) is 5.75 Å². The molecule has 0 fully saturated rings. The zero-order valence-corrected chi connectivity index (χ0v) is 11.9. The van der Waals surface area contributed by atoms with Crippen LogP contribution in [0.1, 0.15) is 23.8 Å². The Morgan fingerprint density at radius 2 is 2.05 bits per heavy atom. The van der Waals surface area contributed by atoms with Gasteiger partial charge in [0.2, 0.25) is 0 Å². The number of benzene rings is 1. The van der Waals surface area contributed by atoms with E-state index < -0.39 is 5.63 Å². The Kier molecular flexibility index (Phi) is 4.07. The molecule has 0 saturated carbocycles. The molecule has 1 heterocycles. The SMILES string of the molecule is C/C(=N\Nc1ccc(C)c(F)c1)c1c(O)cc(C)oc1=O. The summed E-state index contributed by atoms with van der Waals surface area (Å²) in [5.74, 6) is -0.255. The number of nitrogens with one attached hydrogen (secondary N) is 1. The van der Waals surface area contributed by atoms with Crippen molar-refractivity contribution in [1.29, 1.82) is 0 Å². The summed E-state index contributed by atoms with van der Waals surface area (Å²) in [6.45, 7) is 4.76. The second-order valence-corrected chi connectivity index (χ2v) is 4.68. The Labute approximate surface area is 120 Å². The number of aromatic hydroxyl groups is 1. The summed E-state index contributed by atoms with van der Waals surface area (Å²) >= 11 is 0. The smallest absolute Gasteiger partial charge is 0.348 e. The van der Waals surface area contributed by atoms with Crippen LogP contribution in [-0.4, -0.2) is 10.8 Å². The van der Waals surface area contributed by atoms with Gasteiger partial charge < -0.3 is 9.52 Å². The molecular formula is C15H15FN2O3. The Morgan fingerprint density at radius 3 is 2.67 bits per heavy atom. The molecule has 2 N–H and O–H groups in total. The van der Waals surface area contributed by atoms with Gasteiger partial charge in [0.1, 0.15) is 22.9 Å². The molecule has 1 aromatic heterocycles. The van der Waals surface area contributed by atoms with Crippen LogP contribution >= 0.6 is 0 Å². The van der Waals surface area contributed by atoms with Gasteiger partial charge in [0.05, 0.1) is 11.4 Å². The highest BCUT2D eigenvalue weighted by Crippen LogP contribution is 2.17. The monoisotopic (exact) mass is 290 g/mol. The average molecular weight is 290 g/mol. The van der Waals surface area contributed by atoms with Gasteiger partial charge >= 0.3 is 5.63 Å². The lowest BCUT2D eigenvalue weighted by Gasteiger charge is -2.06. The molecular weight excluding hydrogens is 275 g/mol. The predicted octanol–water partition coefficient (Wildman–Crippen LogP) is 2.94. The fraction of sp³-hybridized carbons (Fsp3) is 0.200. The van der Waals surface area contributed by atoms with Crippen LogP contribution in [0.15, 0.2) is 38.6 Å². The fourth-order valence-electron chi connectivity index (χ4n) is 1.80. The van der Waals surface area contributed by atoms with Crippen LogP contribution in [0.25, 0.3) is 0 Å². The number of hydrazone groups is 1. The minimum absolute atomic E-state index is 0.0271. The highest BCUT2D eigenvalue weighted by atomic mass is 19.1. The van der Waals surface area contributed by atoms with Crippen molar-refractivity contribution in [3.63, 3.8) is 0 Å². The first-order valence-corrected chi connectivity index (χ1v) is 6.29. The number of nitrogens with zero attached hydrogens (tertiary/aromatic N) is 1. The molecule has 0 amide bonds. The van der Waals surface area contributed by atoms with E-state index in [4.69, 9.17) is 4.42 Å². The lowest BCUT2D eigenvalue weighted by molar-refractivity contribution is 0.432. The molecule has 0 radical (unpaired) electrons. The van der Waals surface area contributed by atoms with E-state index in [2.05, 4.69) is 10.5 Å². The van der Waals surface area contributed by atoms with E-state index in [0.717, 1.165) is 0 Å². The molecule has 110 valence electrons. The van der Waals surface area contributed by atoms with E-state index in [1.165, 1.54) is 12.1 Å². The van der Waals surface area contributed by atoms with E-state index in [1.807, 2.05) is 0 Å². The first kappa shape index (κ1) is 14.8. The molecule has 2 rings (SSSR count). The summed E-state index contributed by atoms with van der Waals surface area (Å²) in [5.41, 5.74) is 3.14. The predicted molar refractivity (Wildman–Crippen MR) is 78.4 cm³/mol. The molecule has 21 heavy (non-hydrogen) atoms. The molecule has 0 aliphatic carbocycles. The molecule has 0 unspecified atom stereocenters. The minimum Gasteiger partial charge on any atom is -0.507 e. The van der Waals surface area contributed by atoms with Gasteiger partial charge in [-0.25, -0.2) is 9.18 Å².